The Morgan fingerprint density at radius 1 is 1.26 bits per heavy atom. The lowest BCUT2D eigenvalue weighted by Gasteiger charge is -2.30. The van der Waals surface area contributed by atoms with Gasteiger partial charge in [0.05, 0.1) is 6.04 Å². The molecule has 0 spiro atoms. The highest BCUT2D eigenvalue weighted by Gasteiger charge is 2.28. The van der Waals surface area contributed by atoms with E-state index in [9.17, 15) is 13.6 Å². The number of benzene rings is 1. The van der Waals surface area contributed by atoms with Gasteiger partial charge in [-0.1, -0.05) is 26.8 Å². The van der Waals surface area contributed by atoms with Gasteiger partial charge in [-0.2, -0.15) is 0 Å². The van der Waals surface area contributed by atoms with E-state index in [1.165, 1.54) is 6.07 Å². The topological polar surface area (TPSA) is 38.3 Å². The number of carbonyl (C=O) groups excluding carboxylic acids is 1. The molecule has 1 heterocycles. The quantitative estimate of drug-likeness (QED) is 0.881. The number of hydrogen-bond donors (Lipinski definition) is 1. The standard InChI is InChI=1S/C17H19F2NO2S/c1-17(2,3)16(14-5-4-8-23-14)20-15(21)10-22-11-6-7-12(18)13(19)9-11/h4-9,16H,10H2,1-3H3,(H,20,21). The van der Waals surface area contributed by atoms with E-state index in [0.717, 1.165) is 17.0 Å². The summed E-state index contributed by atoms with van der Waals surface area (Å²) in [7, 11) is 0. The second-order valence-electron chi connectivity index (χ2n) is 6.25. The van der Waals surface area contributed by atoms with Gasteiger partial charge in [-0.3, -0.25) is 4.79 Å². The third kappa shape index (κ3) is 4.76. The van der Waals surface area contributed by atoms with Crippen molar-refractivity contribution in [3.63, 3.8) is 0 Å². The van der Waals surface area contributed by atoms with Gasteiger partial charge in [0, 0.05) is 10.9 Å². The minimum absolute atomic E-state index is 0.113. The molecular weight excluding hydrogens is 320 g/mol. The Morgan fingerprint density at radius 3 is 2.57 bits per heavy atom. The first kappa shape index (κ1) is 17.4. The van der Waals surface area contributed by atoms with E-state index in [0.29, 0.717) is 0 Å². The highest BCUT2D eigenvalue weighted by molar-refractivity contribution is 7.10. The molecular formula is C17H19F2NO2S. The van der Waals surface area contributed by atoms with E-state index >= 15 is 0 Å². The number of thiophene rings is 1. The maximum atomic E-state index is 13.1. The SMILES string of the molecule is CC(C)(C)C(NC(=O)COc1ccc(F)c(F)c1)c1cccs1. The van der Waals surface area contributed by atoms with Gasteiger partial charge in [-0.15, -0.1) is 11.3 Å². The summed E-state index contributed by atoms with van der Waals surface area (Å²) in [5.74, 6) is -2.16. The van der Waals surface area contributed by atoms with Crippen LogP contribution in [0.15, 0.2) is 35.7 Å². The van der Waals surface area contributed by atoms with Crippen LogP contribution in [0.3, 0.4) is 0 Å². The molecule has 2 aromatic rings. The molecule has 23 heavy (non-hydrogen) atoms. The average molecular weight is 339 g/mol. The van der Waals surface area contributed by atoms with Crippen molar-refractivity contribution in [2.24, 2.45) is 5.41 Å². The summed E-state index contributed by atoms with van der Waals surface area (Å²) in [5.41, 5.74) is -0.164. The van der Waals surface area contributed by atoms with Crippen molar-refractivity contribution < 1.29 is 18.3 Å². The van der Waals surface area contributed by atoms with Crippen LogP contribution < -0.4 is 10.1 Å². The van der Waals surface area contributed by atoms with Crippen molar-refractivity contribution in [3.8, 4) is 5.75 Å². The van der Waals surface area contributed by atoms with Gasteiger partial charge in [-0.25, -0.2) is 8.78 Å². The lowest BCUT2D eigenvalue weighted by molar-refractivity contribution is -0.124. The number of rotatable bonds is 5. The lowest BCUT2D eigenvalue weighted by Crippen LogP contribution is -2.38. The monoisotopic (exact) mass is 339 g/mol. The second kappa shape index (κ2) is 7.08. The molecule has 1 N–H and O–H groups in total. The molecule has 1 atom stereocenters. The zero-order chi connectivity index (χ0) is 17.0. The van der Waals surface area contributed by atoms with Crippen LogP contribution in [0.25, 0.3) is 0 Å². The molecule has 0 saturated heterocycles. The van der Waals surface area contributed by atoms with Crippen molar-refractivity contribution in [2.75, 3.05) is 6.61 Å². The van der Waals surface area contributed by atoms with Gasteiger partial charge in [0.25, 0.3) is 5.91 Å². The number of ether oxygens (including phenoxy) is 1. The molecule has 0 aliphatic rings. The van der Waals surface area contributed by atoms with Crippen molar-refractivity contribution in [2.45, 2.75) is 26.8 Å². The maximum absolute atomic E-state index is 13.1. The predicted molar refractivity (Wildman–Crippen MR) is 86.5 cm³/mol. The molecule has 0 fully saturated rings. The molecule has 2 rings (SSSR count). The number of halogens is 2. The van der Waals surface area contributed by atoms with Gasteiger partial charge in [0.2, 0.25) is 0 Å². The van der Waals surface area contributed by atoms with Gasteiger partial charge in [0.1, 0.15) is 5.75 Å². The Morgan fingerprint density at radius 2 is 2.00 bits per heavy atom. The first-order valence-electron chi connectivity index (χ1n) is 7.18. The maximum Gasteiger partial charge on any atom is 0.258 e. The fourth-order valence-electron chi connectivity index (χ4n) is 2.09. The van der Waals surface area contributed by atoms with Gasteiger partial charge >= 0.3 is 0 Å². The molecule has 0 radical (unpaired) electrons. The summed E-state index contributed by atoms with van der Waals surface area (Å²) in [5, 5.41) is 4.89. The van der Waals surface area contributed by atoms with Gasteiger partial charge < -0.3 is 10.1 Å². The van der Waals surface area contributed by atoms with Crippen LogP contribution in [-0.2, 0) is 4.79 Å². The van der Waals surface area contributed by atoms with Crippen molar-refractivity contribution in [1.82, 2.24) is 5.32 Å². The summed E-state index contributed by atoms with van der Waals surface area (Å²) in [6.45, 7) is 5.85. The molecule has 0 aliphatic heterocycles. The third-order valence-electron chi connectivity index (χ3n) is 3.26. The van der Waals surface area contributed by atoms with Crippen LogP contribution >= 0.6 is 11.3 Å². The molecule has 0 saturated carbocycles. The Kier molecular flexibility index (Phi) is 5.36. The normalized spacial score (nSPS) is 12.7. The van der Waals surface area contributed by atoms with Crippen LogP contribution in [0.4, 0.5) is 8.78 Å². The molecule has 6 heteroatoms. The summed E-state index contributed by atoms with van der Waals surface area (Å²) < 4.78 is 31.2. The highest BCUT2D eigenvalue weighted by atomic mass is 32.1. The van der Waals surface area contributed by atoms with Crippen LogP contribution in [0, 0.1) is 17.0 Å². The smallest absolute Gasteiger partial charge is 0.258 e. The number of nitrogens with one attached hydrogen (secondary N) is 1. The minimum Gasteiger partial charge on any atom is -0.484 e. The second-order valence-corrected chi connectivity index (χ2v) is 7.23. The number of amides is 1. The van der Waals surface area contributed by atoms with Crippen LogP contribution in [0.5, 0.6) is 5.75 Å². The predicted octanol–water partition coefficient (Wildman–Crippen LogP) is 4.31. The zero-order valence-corrected chi connectivity index (χ0v) is 14.0. The van der Waals surface area contributed by atoms with Gasteiger partial charge in [-0.05, 0) is 29.0 Å². The summed E-state index contributed by atoms with van der Waals surface area (Å²) >= 11 is 1.57. The number of hydrogen-bond acceptors (Lipinski definition) is 3. The van der Waals surface area contributed by atoms with Crippen LogP contribution in [-0.4, -0.2) is 12.5 Å². The van der Waals surface area contributed by atoms with Crippen molar-refractivity contribution in [3.05, 3.63) is 52.2 Å². The Labute approximate surface area is 138 Å². The molecule has 124 valence electrons. The Hall–Kier alpha value is -1.95. The summed E-state index contributed by atoms with van der Waals surface area (Å²) in [6.07, 6.45) is 0. The van der Waals surface area contributed by atoms with Crippen molar-refractivity contribution >= 4 is 17.2 Å². The average Bonchev–Trinajstić information content (AvgIpc) is 2.98. The highest BCUT2D eigenvalue weighted by Crippen LogP contribution is 2.35. The van der Waals surface area contributed by atoms with E-state index in [2.05, 4.69) is 5.32 Å². The van der Waals surface area contributed by atoms with Gasteiger partial charge in [0.15, 0.2) is 18.2 Å². The Balaban J connectivity index is 1.98. The van der Waals surface area contributed by atoms with Crippen molar-refractivity contribution in [1.29, 1.82) is 0 Å². The molecule has 0 bridgehead atoms. The number of carbonyl (C=O) groups is 1. The van der Waals surface area contributed by atoms with E-state index in [1.54, 1.807) is 11.3 Å². The van der Waals surface area contributed by atoms with E-state index in [4.69, 9.17) is 4.74 Å². The first-order chi connectivity index (χ1) is 10.8. The zero-order valence-electron chi connectivity index (χ0n) is 13.2. The molecule has 1 aromatic carbocycles. The summed E-state index contributed by atoms with van der Waals surface area (Å²) in [6, 6.07) is 6.92. The van der Waals surface area contributed by atoms with Crippen LogP contribution in [0.2, 0.25) is 0 Å². The van der Waals surface area contributed by atoms with E-state index < -0.39 is 11.6 Å². The minimum atomic E-state index is -1.01. The largest absolute Gasteiger partial charge is 0.484 e. The molecule has 0 aliphatic carbocycles. The molecule has 1 amide bonds. The Bertz CT molecular complexity index is 666. The third-order valence-corrected chi connectivity index (χ3v) is 4.20. The molecule has 3 nitrogen and oxygen atoms in total. The molecule has 1 unspecified atom stereocenters. The molecule has 1 aromatic heterocycles. The summed E-state index contributed by atoms with van der Waals surface area (Å²) in [4.78, 5) is 13.2. The fraction of sp³-hybridized carbons (Fsp3) is 0.353. The van der Waals surface area contributed by atoms with Crippen LogP contribution in [0.1, 0.15) is 31.7 Å². The van der Waals surface area contributed by atoms with E-state index in [1.807, 2.05) is 38.3 Å². The van der Waals surface area contributed by atoms with E-state index in [-0.39, 0.29) is 29.7 Å². The fourth-order valence-corrected chi connectivity index (χ4v) is 3.11. The lowest BCUT2D eigenvalue weighted by atomic mass is 9.86. The first-order valence-corrected chi connectivity index (χ1v) is 8.06.